The molecule has 1 aliphatic heterocycles. The minimum Gasteiger partial charge on any atom is -0.384 e. The van der Waals surface area contributed by atoms with Gasteiger partial charge in [0, 0.05) is 34.1 Å². The third-order valence-corrected chi connectivity index (χ3v) is 8.31. The van der Waals surface area contributed by atoms with Gasteiger partial charge in [-0.05, 0) is 73.2 Å². The number of amides is 1. The van der Waals surface area contributed by atoms with Crippen molar-refractivity contribution in [3.63, 3.8) is 0 Å². The molecular formula is C26H29N5OS. The van der Waals surface area contributed by atoms with Crippen LogP contribution in [-0.4, -0.2) is 28.4 Å². The van der Waals surface area contributed by atoms with Gasteiger partial charge in [-0.3, -0.25) is 10.2 Å². The fourth-order valence-electron chi connectivity index (χ4n) is 5.30. The molecule has 0 bridgehead atoms. The summed E-state index contributed by atoms with van der Waals surface area (Å²) in [5.41, 5.74) is 15.6. The van der Waals surface area contributed by atoms with Crippen molar-refractivity contribution >= 4 is 44.1 Å². The zero-order valence-corrected chi connectivity index (χ0v) is 19.6. The van der Waals surface area contributed by atoms with Crippen LogP contribution in [0.3, 0.4) is 0 Å². The second-order valence-corrected chi connectivity index (χ2v) is 10.2. The van der Waals surface area contributed by atoms with E-state index in [1.54, 1.807) is 0 Å². The number of amidine groups is 1. The zero-order valence-electron chi connectivity index (χ0n) is 18.8. The molecule has 4 aromatic rings. The Balaban J connectivity index is 1.45. The lowest BCUT2D eigenvalue weighted by molar-refractivity contribution is 0.100. The average molecular weight is 460 g/mol. The van der Waals surface area contributed by atoms with E-state index in [4.69, 9.17) is 16.9 Å². The van der Waals surface area contributed by atoms with Crippen LogP contribution in [0.2, 0.25) is 0 Å². The van der Waals surface area contributed by atoms with Crippen molar-refractivity contribution in [1.82, 2.24) is 9.88 Å². The Kier molecular flexibility index (Phi) is 5.46. The first-order valence-electron chi connectivity index (χ1n) is 11.3. The van der Waals surface area contributed by atoms with Gasteiger partial charge in [-0.2, -0.15) is 0 Å². The minimum absolute atomic E-state index is 0.0605. The standard InChI is InChI=1S/C26H29N5OS/c1-31-18(13-16-7-8-17(24(27)28)14-21(16)31)9-11-26(10-4-12-30-26)15-20-19-5-2-3-6-22(19)33-23(20)25(29)32/h2-3,5-8,13-14,30H,4,9-12,15H2,1H3,(H3,27,28)(H2,29,32)/t26-/m0/s1. The summed E-state index contributed by atoms with van der Waals surface area (Å²) in [6.45, 7) is 0.991. The summed E-state index contributed by atoms with van der Waals surface area (Å²) in [6, 6.07) is 16.4. The van der Waals surface area contributed by atoms with Gasteiger partial charge in [-0.1, -0.05) is 30.3 Å². The van der Waals surface area contributed by atoms with E-state index in [0.29, 0.717) is 4.88 Å². The van der Waals surface area contributed by atoms with Crippen molar-refractivity contribution in [2.75, 3.05) is 6.54 Å². The van der Waals surface area contributed by atoms with Gasteiger partial charge >= 0.3 is 0 Å². The smallest absolute Gasteiger partial charge is 0.259 e. The Morgan fingerprint density at radius 3 is 2.76 bits per heavy atom. The second-order valence-electron chi connectivity index (χ2n) is 9.14. The number of hydrogen-bond acceptors (Lipinski definition) is 4. The van der Waals surface area contributed by atoms with Gasteiger partial charge in [0.2, 0.25) is 0 Å². The Morgan fingerprint density at radius 1 is 1.21 bits per heavy atom. The lowest BCUT2D eigenvalue weighted by Crippen LogP contribution is -2.42. The summed E-state index contributed by atoms with van der Waals surface area (Å²) < 4.78 is 3.32. The van der Waals surface area contributed by atoms with E-state index in [1.807, 2.05) is 30.3 Å². The summed E-state index contributed by atoms with van der Waals surface area (Å²) in [5, 5.41) is 13.8. The molecule has 6 nitrogen and oxygen atoms in total. The number of nitrogens with two attached hydrogens (primary N) is 2. The van der Waals surface area contributed by atoms with Crippen LogP contribution in [-0.2, 0) is 19.9 Å². The third-order valence-electron chi connectivity index (χ3n) is 7.08. The maximum absolute atomic E-state index is 12.3. The maximum atomic E-state index is 12.3. The predicted molar refractivity (Wildman–Crippen MR) is 136 cm³/mol. The van der Waals surface area contributed by atoms with Crippen molar-refractivity contribution in [3.05, 3.63) is 70.2 Å². The Labute approximate surface area is 197 Å². The Hall–Kier alpha value is -3.16. The van der Waals surface area contributed by atoms with Gasteiger partial charge in [0.15, 0.2) is 0 Å². The number of aromatic nitrogens is 1. The highest BCUT2D eigenvalue weighted by atomic mass is 32.1. The largest absolute Gasteiger partial charge is 0.384 e. The van der Waals surface area contributed by atoms with Gasteiger partial charge in [-0.15, -0.1) is 11.3 Å². The number of rotatable bonds is 7. The lowest BCUT2D eigenvalue weighted by atomic mass is 9.83. The lowest BCUT2D eigenvalue weighted by Gasteiger charge is -2.30. The van der Waals surface area contributed by atoms with Gasteiger partial charge in [-0.25, -0.2) is 0 Å². The summed E-state index contributed by atoms with van der Waals surface area (Å²) in [5.74, 6) is -0.253. The van der Waals surface area contributed by atoms with Gasteiger partial charge in [0.05, 0.1) is 4.88 Å². The molecule has 1 fully saturated rings. The molecule has 7 heteroatoms. The molecule has 5 rings (SSSR count). The summed E-state index contributed by atoms with van der Waals surface area (Å²) in [6.07, 6.45) is 4.90. The molecule has 2 aromatic carbocycles. The first kappa shape index (κ1) is 21.7. The molecule has 1 aliphatic rings. The van der Waals surface area contributed by atoms with Crippen molar-refractivity contribution in [2.24, 2.45) is 18.5 Å². The van der Waals surface area contributed by atoms with Crippen LogP contribution in [0.1, 0.15) is 45.8 Å². The van der Waals surface area contributed by atoms with E-state index >= 15 is 0 Å². The number of hydrogen-bond donors (Lipinski definition) is 4. The van der Waals surface area contributed by atoms with E-state index in [-0.39, 0.29) is 17.3 Å². The van der Waals surface area contributed by atoms with Crippen LogP contribution >= 0.6 is 11.3 Å². The maximum Gasteiger partial charge on any atom is 0.259 e. The van der Waals surface area contributed by atoms with E-state index in [0.717, 1.165) is 70.8 Å². The van der Waals surface area contributed by atoms with Crippen LogP contribution in [0.25, 0.3) is 21.0 Å². The number of nitrogens with zero attached hydrogens (tertiary/aromatic N) is 1. The topological polar surface area (TPSA) is 110 Å². The quantitative estimate of drug-likeness (QED) is 0.247. The first-order chi connectivity index (χ1) is 15.9. The molecule has 0 spiro atoms. The molecule has 1 amide bonds. The van der Waals surface area contributed by atoms with E-state index in [9.17, 15) is 4.79 Å². The van der Waals surface area contributed by atoms with E-state index < -0.39 is 0 Å². The fourth-order valence-corrected chi connectivity index (χ4v) is 6.37. The highest BCUT2D eigenvalue weighted by molar-refractivity contribution is 7.21. The van der Waals surface area contributed by atoms with E-state index in [1.165, 1.54) is 17.0 Å². The minimum atomic E-state index is -0.339. The number of benzene rings is 2. The van der Waals surface area contributed by atoms with Crippen LogP contribution in [0.5, 0.6) is 0 Å². The van der Waals surface area contributed by atoms with Crippen molar-refractivity contribution in [1.29, 1.82) is 5.41 Å². The number of carbonyl (C=O) groups excluding carboxylic acids is 1. The van der Waals surface area contributed by atoms with Crippen LogP contribution in [0.4, 0.5) is 0 Å². The fraction of sp³-hybridized carbons (Fsp3) is 0.308. The van der Waals surface area contributed by atoms with Crippen LogP contribution in [0.15, 0.2) is 48.5 Å². The molecule has 0 saturated carbocycles. The Bertz CT molecular complexity index is 1380. The molecule has 170 valence electrons. The number of nitrogens with one attached hydrogen (secondary N) is 2. The molecule has 6 N–H and O–H groups in total. The van der Waals surface area contributed by atoms with Crippen molar-refractivity contribution < 1.29 is 4.79 Å². The number of aryl methyl sites for hydroxylation is 2. The monoisotopic (exact) mass is 459 g/mol. The molecule has 1 saturated heterocycles. The molecule has 2 aromatic heterocycles. The Morgan fingerprint density at radius 2 is 2.03 bits per heavy atom. The van der Waals surface area contributed by atoms with Crippen LogP contribution in [0, 0.1) is 5.41 Å². The summed E-state index contributed by atoms with van der Waals surface area (Å²) in [4.78, 5) is 12.9. The second kappa shape index (κ2) is 8.32. The van der Waals surface area contributed by atoms with Gasteiger partial charge in [0.1, 0.15) is 5.84 Å². The highest BCUT2D eigenvalue weighted by Crippen LogP contribution is 2.37. The molecule has 1 atom stereocenters. The first-order valence-corrected chi connectivity index (χ1v) is 12.2. The molecular weight excluding hydrogens is 430 g/mol. The molecule has 0 unspecified atom stereocenters. The van der Waals surface area contributed by atoms with E-state index in [2.05, 4.69) is 35.1 Å². The zero-order chi connectivity index (χ0) is 23.2. The number of carbonyl (C=O) groups is 1. The predicted octanol–water partition coefficient (Wildman–Crippen LogP) is 4.07. The summed E-state index contributed by atoms with van der Waals surface area (Å²) >= 11 is 1.50. The molecule has 0 aliphatic carbocycles. The third kappa shape index (κ3) is 3.92. The average Bonchev–Trinajstić information content (AvgIpc) is 3.49. The molecule has 3 heterocycles. The highest BCUT2D eigenvalue weighted by Gasteiger charge is 2.35. The molecule has 33 heavy (non-hydrogen) atoms. The normalized spacial score (nSPS) is 18.3. The van der Waals surface area contributed by atoms with Gasteiger partial charge in [0.25, 0.3) is 5.91 Å². The van der Waals surface area contributed by atoms with Crippen molar-refractivity contribution in [2.45, 2.75) is 37.6 Å². The van der Waals surface area contributed by atoms with Crippen molar-refractivity contribution in [3.8, 4) is 0 Å². The van der Waals surface area contributed by atoms with Crippen LogP contribution < -0.4 is 16.8 Å². The number of nitrogen functional groups attached to an aromatic ring is 1. The van der Waals surface area contributed by atoms with Gasteiger partial charge < -0.3 is 21.4 Å². The number of thiophene rings is 1. The number of fused-ring (bicyclic) bond motifs is 2. The molecule has 0 radical (unpaired) electrons. The summed E-state index contributed by atoms with van der Waals surface area (Å²) in [7, 11) is 2.08. The number of primary amides is 1. The SMILES string of the molecule is Cn1c(CC[C@]2(Cc3c(C(N)=O)sc4ccccc34)CCCN2)cc2ccc(C(=N)N)cc21.